The van der Waals surface area contributed by atoms with Crippen molar-refractivity contribution >= 4 is 22.7 Å². The van der Waals surface area contributed by atoms with Gasteiger partial charge in [-0.15, -0.1) is 0 Å². The number of aromatic amines is 2. The molecular formula is C22H23N3O2. The fourth-order valence-corrected chi connectivity index (χ4v) is 3.29. The molecule has 0 saturated carbocycles. The van der Waals surface area contributed by atoms with Gasteiger partial charge in [0.2, 0.25) is 0 Å². The molecule has 27 heavy (non-hydrogen) atoms. The summed E-state index contributed by atoms with van der Waals surface area (Å²) in [5.74, 6) is 0.995. The van der Waals surface area contributed by atoms with Crippen molar-refractivity contribution in [3.8, 4) is 5.75 Å². The van der Waals surface area contributed by atoms with Crippen molar-refractivity contribution in [1.82, 2.24) is 9.97 Å². The molecule has 0 unspecified atom stereocenters. The minimum Gasteiger partial charge on any atom is -0.508 e. The van der Waals surface area contributed by atoms with Gasteiger partial charge in [0.05, 0.1) is 17.5 Å². The van der Waals surface area contributed by atoms with E-state index in [4.69, 9.17) is 9.73 Å². The Balaban J connectivity index is 1.77. The van der Waals surface area contributed by atoms with Crippen LogP contribution in [0.4, 0.5) is 0 Å². The van der Waals surface area contributed by atoms with Crippen molar-refractivity contribution in [2.45, 2.75) is 33.8 Å². The number of hydrogen-bond donors (Lipinski definition) is 3. The van der Waals surface area contributed by atoms with Crippen LogP contribution in [0.5, 0.6) is 5.75 Å². The van der Waals surface area contributed by atoms with Crippen LogP contribution in [-0.2, 0) is 4.74 Å². The standard InChI is InChI=1S/C22H23N3O2/c1-12(2)27-22-11-20(19-8-15-5-6-16(26)9-18(15)24-19)25-21(22)10-17-13(3)7-14(4)23-17/h5-12,23-24,26H,1-4H3/b21-10-. The third-order valence-electron chi connectivity index (χ3n) is 4.48. The maximum Gasteiger partial charge on any atom is 0.147 e. The summed E-state index contributed by atoms with van der Waals surface area (Å²) in [5, 5.41) is 10.7. The first-order valence-electron chi connectivity index (χ1n) is 9.06. The SMILES string of the molecule is Cc1cc(C)c(/C=C2\N=C(c3cc4ccc(O)cc4[nH]3)C=C2OC(C)C)[nH]1. The summed E-state index contributed by atoms with van der Waals surface area (Å²) in [4.78, 5) is 11.5. The van der Waals surface area contributed by atoms with E-state index in [-0.39, 0.29) is 11.9 Å². The van der Waals surface area contributed by atoms with Gasteiger partial charge < -0.3 is 19.8 Å². The van der Waals surface area contributed by atoms with Crippen LogP contribution in [0.3, 0.4) is 0 Å². The van der Waals surface area contributed by atoms with Crippen LogP contribution in [-0.4, -0.2) is 26.9 Å². The predicted molar refractivity (Wildman–Crippen MR) is 109 cm³/mol. The summed E-state index contributed by atoms with van der Waals surface area (Å²) in [6, 6.07) is 9.43. The monoisotopic (exact) mass is 361 g/mol. The van der Waals surface area contributed by atoms with Gasteiger partial charge >= 0.3 is 0 Å². The van der Waals surface area contributed by atoms with Gasteiger partial charge in [0, 0.05) is 34.4 Å². The Morgan fingerprint density at radius 3 is 2.63 bits per heavy atom. The Kier molecular flexibility index (Phi) is 4.15. The molecule has 3 heterocycles. The number of ether oxygens (including phenoxy) is 1. The number of benzene rings is 1. The second kappa shape index (κ2) is 6.50. The number of aromatic hydroxyl groups is 1. The zero-order valence-electron chi connectivity index (χ0n) is 15.9. The van der Waals surface area contributed by atoms with Gasteiger partial charge in [-0.2, -0.15) is 0 Å². The number of aromatic nitrogens is 2. The molecule has 4 rings (SSSR count). The van der Waals surface area contributed by atoms with Gasteiger partial charge in [-0.1, -0.05) is 0 Å². The number of nitrogens with zero attached hydrogens (tertiary/aromatic N) is 1. The molecule has 3 aromatic rings. The van der Waals surface area contributed by atoms with Crippen LogP contribution in [0.1, 0.15) is 36.5 Å². The Bertz CT molecular complexity index is 1110. The largest absolute Gasteiger partial charge is 0.508 e. The summed E-state index contributed by atoms with van der Waals surface area (Å²) in [7, 11) is 0. The van der Waals surface area contributed by atoms with E-state index in [0.29, 0.717) is 0 Å². The molecule has 2 aromatic heterocycles. The summed E-state index contributed by atoms with van der Waals surface area (Å²) in [6.45, 7) is 8.13. The lowest BCUT2D eigenvalue weighted by Crippen LogP contribution is -2.02. The second-order valence-electron chi connectivity index (χ2n) is 7.21. The topological polar surface area (TPSA) is 73.4 Å². The number of allylic oxidation sites excluding steroid dienone is 1. The smallest absolute Gasteiger partial charge is 0.147 e. The van der Waals surface area contributed by atoms with Crippen LogP contribution in [0.2, 0.25) is 0 Å². The summed E-state index contributed by atoms with van der Waals surface area (Å²) < 4.78 is 6.00. The van der Waals surface area contributed by atoms with Crippen LogP contribution in [0, 0.1) is 13.8 Å². The van der Waals surface area contributed by atoms with Crippen molar-refractivity contribution in [2.75, 3.05) is 0 Å². The minimum absolute atomic E-state index is 0.0559. The Morgan fingerprint density at radius 2 is 1.93 bits per heavy atom. The molecule has 0 atom stereocenters. The van der Waals surface area contributed by atoms with Gasteiger partial charge in [0.15, 0.2) is 0 Å². The molecule has 0 saturated heterocycles. The van der Waals surface area contributed by atoms with Crippen LogP contribution in [0.25, 0.3) is 17.0 Å². The van der Waals surface area contributed by atoms with E-state index in [2.05, 4.69) is 23.0 Å². The van der Waals surface area contributed by atoms with Gasteiger partial charge in [-0.05, 0) is 63.6 Å². The summed E-state index contributed by atoms with van der Waals surface area (Å²) >= 11 is 0. The molecule has 1 aromatic carbocycles. The van der Waals surface area contributed by atoms with Crippen molar-refractivity contribution in [3.05, 3.63) is 70.5 Å². The number of phenols is 1. The lowest BCUT2D eigenvalue weighted by molar-refractivity contribution is 0.155. The number of nitrogens with one attached hydrogen (secondary N) is 2. The Morgan fingerprint density at radius 1 is 1.11 bits per heavy atom. The third-order valence-corrected chi connectivity index (χ3v) is 4.48. The maximum absolute atomic E-state index is 9.69. The molecule has 138 valence electrons. The Labute approximate surface area is 158 Å². The number of phenolic OH excluding ortho intramolecular Hbond substituents is 1. The van der Waals surface area contributed by atoms with E-state index in [1.54, 1.807) is 12.1 Å². The van der Waals surface area contributed by atoms with E-state index in [9.17, 15) is 5.11 Å². The average molecular weight is 361 g/mol. The molecule has 5 heteroatoms. The highest BCUT2D eigenvalue weighted by atomic mass is 16.5. The molecule has 0 fully saturated rings. The van der Waals surface area contributed by atoms with Crippen molar-refractivity contribution in [1.29, 1.82) is 0 Å². The molecule has 3 N–H and O–H groups in total. The van der Waals surface area contributed by atoms with Gasteiger partial charge in [-0.25, -0.2) is 4.99 Å². The molecule has 0 spiro atoms. The highest BCUT2D eigenvalue weighted by Crippen LogP contribution is 2.29. The number of rotatable bonds is 4. The molecule has 0 amide bonds. The highest BCUT2D eigenvalue weighted by molar-refractivity contribution is 6.13. The lowest BCUT2D eigenvalue weighted by Gasteiger charge is -2.11. The van der Waals surface area contributed by atoms with Crippen LogP contribution >= 0.6 is 0 Å². The molecular weight excluding hydrogens is 338 g/mol. The third kappa shape index (κ3) is 3.40. The normalized spacial score (nSPS) is 15.7. The average Bonchev–Trinajstić information content (AvgIpc) is 3.25. The molecule has 0 aliphatic carbocycles. The van der Waals surface area contributed by atoms with Crippen molar-refractivity contribution < 1.29 is 9.84 Å². The first kappa shape index (κ1) is 17.2. The fourth-order valence-electron chi connectivity index (χ4n) is 3.29. The van der Waals surface area contributed by atoms with Gasteiger partial charge in [-0.3, -0.25) is 0 Å². The predicted octanol–water partition coefficient (Wildman–Crippen LogP) is 4.97. The van der Waals surface area contributed by atoms with Gasteiger partial charge in [0.25, 0.3) is 0 Å². The molecule has 0 bridgehead atoms. The quantitative estimate of drug-likeness (QED) is 0.614. The minimum atomic E-state index is 0.0559. The number of aryl methyl sites for hydroxylation is 2. The zero-order chi connectivity index (χ0) is 19.1. The van der Waals surface area contributed by atoms with Crippen molar-refractivity contribution in [2.24, 2.45) is 4.99 Å². The molecule has 0 radical (unpaired) electrons. The number of aliphatic imine (C=N–C) groups is 1. The van der Waals surface area contributed by atoms with E-state index in [1.165, 1.54) is 5.56 Å². The van der Waals surface area contributed by atoms with Crippen LogP contribution in [0.15, 0.2) is 52.9 Å². The second-order valence-corrected chi connectivity index (χ2v) is 7.21. The first-order valence-corrected chi connectivity index (χ1v) is 9.06. The highest BCUT2D eigenvalue weighted by Gasteiger charge is 2.20. The van der Waals surface area contributed by atoms with Crippen molar-refractivity contribution in [3.63, 3.8) is 0 Å². The molecule has 1 aliphatic heterocycles. The molecule has 1 aliphatic rings. The maximum atomic E-state index is 9.69. The Hall–Kier alpha value is -3.21. The van der Waals surface area contributed by atoms with Crippen LogP contribution < -0.4 is 0 Å². The van der Waals surface area contributed by atoms with Gasteiger partial charge in [0.1, 0.15) is 17.2 Å². The zero-order valence-corrected chi connectivity index (χ0v) is 15.9. The summed E-state index contributed by atoms with van der Waals surface area (Å²) in [6.07, 6.45) is 4.04. The van der Waals surface area contributed by atoms with E-state index in [1.807, 2.05) is 45.1 Å². The van der Waals surface area contributed by atoms with E-state index in [0.717, 1.165) is 45.2 Å². The lowest BCUT2D eigenvalue weighted by atomic mass is 10.2. The van der Waals surface area contributed by atoms with E-state index >= 15 is 0 Å². The van der Waals surface area contributed by atoms with E-state index < -0.39 is 0 Å². The summed E-state index contributed by atoms with van der Waals surface area (Å²) in [5.41, 5.74) is 6.70. The number of H-pyrrole nitrogens is 2. The number of fused-ring (bicyclic) bond motifs is 1. The number of hydrogen-bond acceptors (Lipinski definition) is 3. The first-order chi connectivity index (χ1) is 12.9. The molecule has 5 nitrogen and oxygen atoms in total. The fraction of sp³-hybridized carbons (Fsp3) is 0.227.